The van der Waals surface area contributed by atoms with Crippen LogP contribution in [0.2, 0.25) is 0 Å². The molecule has 31 heavy (non-hydrogen) atoms. The SMILES string of the molecule is CC1=C2C(=C[C@@](C)(COC(=O)c3ccc(S(N)(=O)=O)cc3)[C@@H]2O)C(=O)[C@](C)(O)C12CC2. The molecule has 4 rings (SSSR count). The van der Waals surface area contributed by atoms with Gasteiger partial charge in [0.25, 0.3) is 0 Å². The van der Waals surface area contributed by atoms with Gasteiger partial charge in [-0.3, -0.25) is 4.79 Å². The minimum absolute atomic E-state index is 0.125. The van der Waals surface area contributed by atoms with Crippen molar-refractivity contribution in [1.29, 1.82) is 0 Å². The summed E-state index contributed by atoms with van der Waals surface area (Å²) in [5.41, 5.74) is -1.48. The molecule has 3 atom stereocenters. The number of primary sulfonamides is 1. The fourth-order valence-electron chi connectivity index (χ4n) is 4.85. The molecule has 9 heteroatoms. The monoisotopic (exact) mass is 447 g/mol. The Morgan fingerprint density at radius 1 is 1.23 bits per heavy atom. The van der Waals surface area contributed by atoms with Crippen molar-refractivity contribution in [2.45, 2.75) is 50.2 Å². The van der Waals surface area contributed by atoms with Crippen LogP contribution in [0.4, 0.5) is 0 Å². The molecule has 1 saturated carbocycles. The number of rotatable bonds is 4. The molecule has 0 bridgehead atoms. The Bertz CT molecular complexity index is 1160. The number of ketones is 1. The Morgan fingerprint density at radius 3 is 2.32 bits per heavy atom. The molecule has 3 aliphatic rings. The van der Waals surface area contributed by atoms with Crippen molar-refractivity contribution in [3.05, 3.63) is 52.6 Å². The molecular formula is C22H25NO7S. The van der Waals surface area contributed by atoms with Crippen LogP contribution in [-0.4, -0.2) is 48.7 Å². The van der Waals surface area contributed by atoms with Gasteiger partial charge in [-0.05, 0) is 63.5 Å². The molecule has 1 aromatic rings. The number of ether oxygens (including phenoxy) is 1. The van der Waals surface area contributed by atoms with Crippen LogP contribution in [0.15, 0.2) is 52.0 Å². The van der Waals surface area contributed by atoms with Crippen LogP contribution in [0, 0.1) is 10.8 Å². The number of hydrogen-bond donors (Lipinski definition) is 3. The van der Waals surface area contributed by atoms with E-state index in [1.807, 2.05) is 6.92 Å². The van der Waals surface area contributed by atoms with Crippen molar-refractivity contribution < 1.29 is 33.0 Å². The Morgan fingerprint density at radius 2 is 1.81 bits per heavy atom. The van der Waals surface area contributed by atoms with Gasteiger partial charge in [0.2, 0.25) is 10.0 Å². The van der Waals surface area contributed by atoms with Crippen LogP contribution in [0.1, 0.15) is 44.0 Å². The van der Waals surface area contributed by atoms with E-state index in [0.717, 1.165) is 5.57 Å². The van der Waals surface area contributed by atoms with Crippen molar-refractivity contribution in [2.24, 2.45) is 16.0 Å². The Labute approximate surface area is 180 Å². The molecule has 8 nitrogen and oxygen atoms in total. The third-order valence-corrected chi connectivity index (χ3v) is 8.01. The minimum atomic E-state index is -3.87. The summed E-state index contributed by atoms with van der Waals surface area (Å²) in [6, 6.07) is 4.99. The maximum atomic E-state index is 13.0. The summed E-state index contributed by atoms with van der Waals surface area (Å²) in [7, 11) is -3.87. The molecule has 0 heterocycles. The fourth-order valence-corrected chi connectivity index (χ4v) is 5.37. The zero-order valence-electron chi connectivity index (χ0n) is 17.5. The molecule has 0 radical (unpaired) electrons. The lowest BCUT2D eigenvalue weighted by atomic mass is 9.67. The van der Waals surface area contributed by atoms with Gasteiger partial charge in [-0.1, -0.05) is 11.6 Å². The maximum Gasteiger partial charge on any atom is 0.338 e. The summed E-state index contributed by atoms with van der Waals surface area (Å²) >= 11 is 0. The summed E-state index contributed by atoms with van der Waals surface area (Å²) in [4.78, 5) is 25.3. The first-order chi connectivity index (χ1) is 14.2. The standard InChI is InChI=1S/C22H25NO7S/c1-12-16-15(17(24)21(3,27)22(12)8-9-22)10-20(2,18(16)25)11-30-19(26)13-4-6-14(7-5-13)31(23,28)29/h4-7,10,18,25,27H,8-9,11H2,1-3H3,(H2,23,28,29)/t18-,20+,21+/m1/s1. The van der Waals surface area contributed by atoms with Gasteiger partial charge in [-0.15, -0.1) is 0 Å². The second kappa shape index (κ2) is 6.59. The third-order valence-electron chi connectivity index (χ3n) is 7.09. The highest BCUT2D eigenvalue weighted by atomic mass is 32.2. The summed E-state index contributed by atoms with van der Waals surface area (Å²) < 4.78 is 28.1. The van der Waals surface area contributed by atoms with Crippen LogP contribution >= 0.6 is 0 Å². The number of nitrogens with two attached hydrogens (primary N) is 1. The van der Waals surface area contributed by atoms with Crippen molar-refractivity contribution in [3.8, 4) is 0 Å². The lowest BCUT2D eigenvalue weighted by Gasteiger charge is -2.39. The number of aliphatic hydroxyl groups is 2. The number of carbonyl (C=O) groups is 2. The van der Waals surface area contributed by atoms with E-state index in [1.54, 1.807) is 13.0 Å². The fraction of sp³-hybridized carbons (Fsp3) is 0.455. The Kier molecular flexibility index (Phi) is 4.65. The smallest absolute Gasteiger partial charge is 0.338 e. The zero-order chi connectivity index (χ0) is 23.0. The van der Waals surface area contributed by atoms with E-state index < -0.39 is 44.3 Å². The lowest BCUT2D eigenvalue weighted by molar-refractivity contribution is -0.138. The van der Waals surface area contributed by atoms with E-state index >= 15 is 0 Å². The maximum absolute atomic E-state index is 13.0. The molecule has 4 N–H and O–H groups in total. The van der Waals surface area contributed by atoms with Gasteiger partial charge in [-0.2, -0.15) is 0 Å². The molecule has 0 aliphatic heterocycles. The van der Waals surface area contributed by atoms with Crippen LogP contribution in [0.25, 0.3) is 0 Å². The van der Waals surface area contributed by atoms with Crippen molar-refractivity contribution in [2.75, 3.05) is 6.61 Å². The third kappa shape index (κ3) is 3.10. The van der Waals surface area contributed by atoms with Crippen LogP contribution in [0.3, 0.4) is 0 Å². The summed E-state index contributed by atoms with van der Waals surface area (Å²) in [6.45, 7) is 4.84. The first kappa shape index (κ1) is 21.9. The summed E-state index contributed by atoms with van der Waals surface area (Å²) in [6.07, 6.45) is 1.89. The summed E-state index contributed by atoms with van der Waals surface area (Å²) in [5, 5.41) is 27.0. The highest BCUT2D eigenvalue weighted by molar-refractivity contribution is 7.89. The molecule has 1 fully saturated rings. The quantitative estimate of drug-likeness (QED) is 0.589. The largest absolute Gasteiger partial charge is 0.461 e. The highest BCUT2D eigenvalue weighted by Crippen LogP contribution is 2.65. The van der Waals surface area contributed by atoms with Crippen molar-refractivity contribution in [1.82, 2.24) is 0 Å². The number of hydrogen-bond acceptors (Lipinski definition) is 7. The Balaban J connectivity index is 1.57. The topological polar surface area (TPSA) is 144 Å². The van der Waals surface area contributed by atoms with E-state index in [2.05, 4.69) is 0 Å². The molecule has 0 saturated heterocycles. The van der Waals surface area contributed by atoms with Gasteiger partial charge >= 0.3 is 5.97 Å². The van der Waals surface area contributed by atoms with Gasteiger partial charge in [0.1, 0.15) is 12.2 Å². The number of benzene rings is 1. The second-order valence-electron chi connectivity index (χ2n) is 9.13. The average molecular weight is 448 g/mol. The van der Waals surface area contributed by atoms with E-state index in [-0.39, 0.29) is 22.6 Å². The molecule has 3 aliphatic carbocycles. The molecule has 1 spiro atoms. The van der Waals surface area contributed by atoms with Crippen LogP contribution in [0.5, 0.6) is 0 Å². The molecule has 0 amide bonds. The second-order valence-corrected chi connectivity index (χ2v) is 10.7. The zero-order valence-corrected chi connectivity index (χ0v) is 18.3. The first-order valence-corrected chi connectivity index (χ1v) is 11.5. The predicted octanol–water partition coefficient (Wildman–Crippen LogP) is 1.23. The van der Waals surface area contributed by atoms with Gasteiger partial charge in [0.15, 0.2) is 5.78 Å². The van der Waals surface area contributed by atoms with E-state index in [4.69, 9.17) is 9.88 Å². The number of carbonyl (C=O) groups excluding carboxylic acids is 2. The van der Waals surface area contributed by atoms with Gasteiger partial charge < -0.3 is 14.9 Å². The molecule has 1 aromatic carbocycles. The number of Topliss-reactive ketones (excluding diaryl/α,β-unsaturated/α-hetero) is 1. The van der Waals surface area contributed by atoms with Crippen molar-refractivity contribution in [3.63, 3.8) is 0 Å². The van der Waals surface area contributed by atoms with E-state index in [1.165, 1.54) is 31.2 Å². The number of esters is 1. The van der Waals surface area contributed by atoms with Gasteiger partial charge in [0.05, 0.1) is 22.0 Å². The highest BCUT2D eigenvalue weighted by Gasteiger charge is 2.66. The van der Waals surface area contributed by atoms with Crippen molar-refractivity contribution >= 4 is 21.8 Å². The normalized spacial score (nSPS) is 31.5. The van der Waals surface area contributed by atoms with Gasteiger partial charge in [0, 0.05) is 11.0 Å². The number of aliphatic hydroxyl groups excluding tert-OH is 1. The predicted molar refractivity (Wildman–Crippen MR) is 110 cm³/mol. The lowest BCUT2D eigenvalue weighted by Crippen LogP contribution is -2.50. The summed E-state index contributed by atoms with van der Waals surface area (Å²) in [5.74, 6) is -1.12. The number of sulfonamides is 1. The number of fused-ring (bicyclic) bond motifs is 1. The van der Waals surface area contributed by atoms with Crippen LogP contribution < -0.4 is 5.14 Å². The van der Waals surface area contributed by atoms with E-state index in [9.17, 15) is 28.2 Å². The molecule has 166 valence electrons. The Hall–Kier alpha value is -2.33. The molecular weight excluding hydrogens is 422 g/mol. The van der Waals surface area contributed by atoms with Crippen LogP contribution in [-0.2, 0) is 19.6 Å². The molecule has 0 aromatic heterocycles. The molecule has 0 unspecified atom stereocenters. The average Bonchev–Trinajstić information content (AvgIpc) is 3.47. The van der Waals surface area contributed by atoms with E-state index in [0.29, 0.717) is 18.4 Å². The first-order valence-electron chi connectivity index (χ1n) is 9.94. The van der Waals surface area contributed by atoms with Gasteiger partial charge in [-0.25, -0.2) is 18.4 Å². The minimum Gasteiger partial charge on any atom is -0.461 e.